The van der Waals surface area contributed by atoms with E-state index >= 15 is 0 Å². The molecule has 1 heterocycles. The summed E-state index contributed by atoms with van der Waals surface area (Å²) in [5.74, 6) is 0.818. The van der Waals surface area contributed by atoms with Crippen molar-refractivity contribution in [3.8, 4) is 0 Å². The number of nitrogens with zero attached hydrogens (tertiary/aromatic N) is 1. The summed E-state index contributed by atoms with van der Waals surface area (Å²) in [6, 6.07) is 0.544. The van der Waals surface area contributed by atoms with Crippen molar-refractivity contribution in [2.45, 2.75) is 38.1 Å². The molecule has 2 rings (SSSR count). The molecule has 0 aromatic carbocycles. The molecule has 1 aliphatic heterocycles. The number of rotatable bonds is 1. The van der Waals surface area contributed by atoms with Crippen LogP contribution in [0.4, 0.5) is 0 Å². The van der Waals surface area contributed by atoms with Crippen molar-refractivity contribution in [3.63, 3.8) is 0 Å². The van der Waals surface area contributed by atoms with Crippen molar-refractivity contribution in [1.82, 2.24) is 4.90 Å². The van der Waals surface area contributed by atoms with E-state index in [-0.39, 0.29) is 5.38 Å². The molecule has 0 bridgehead atoms. The highest BCUT2D eigenvalue weighted by Crippen LogP contribution is 2.28. The molecule has 1 saturated heterocycles. The van der Waals surface area contributed by atoms with Gasteiger partial charge < -0.3 is 0 Å². The smallest absolute Gasteiger partial charge is 0.0708 e. The van der Waals surface area contributed by atoms with E-state index in [1.807, 2.05) is 0 Å². The second-order valence-corrected chi connectivity index (χ2v) is 6.00. The summed E-state index contributed by atoms with van der Waals surface area (Å²) in [4.78, 5) is 2.47. The Labute approximate surface area is 110 Å². The van der Waals surface area contributed by atoms with Crippen LogP contribution in [0.5, 0.6) is 0 Å². The summed E-state index contributed by atoms with van der Waals surface area (Å²) < 4.78 is 0. The fraction of sp³-hybridized carbons (Fsp3) is 0.600. The minimum absolute atomic E-state index is 0.0350. The second kappa shape index (κ2) is 5.41. The molecular weight excluding hydrogens is 230 g/mol. The van der Waals surface area contributed by atoms with Crippen LogP contribution in [-0.2, 0) is 0 Å². The maximum Gasteiger partial charge on any atom is 0.0708 e. The first kappa shape index (κ1) is 12.9. The highest BCUT2D eigenvalue weighted by atomic mass is 35.5. The molecule has 1 aliphatic carbocycles. The van der Waals surface area contributed by atoms with Gasteiger partial charge in [0.2, 0.25) is 0 Å². The van der Waals surface area contributed by atoms with E-state index in [0.717, 1.165) is 5.92 Å². The molecular formula is C15H22ClN. The van der Waals surface area contributed by atoms with Gasteiger partial charge in [-0.05, 0) is 38.3 Å². The number of allylic oxidation sites excluding steroid dienone is 4. The van der Waals surface area contributed by atoms with E-state index < -0.39 is 0 Å². The SMILES string of the molecule is CC1=CC(Cl)C=C(C2CC[C@H](C)CN2C)C=C1. The van der Waals surface area contributed by atoms with Gasteiger partial charge in [-0.2, -0.15) is 0 Å². The van der Waals surface area contributed by atoms with Gasteiger partial charge in [0.1, 0.15) is 0 Å². The van der Waals surface area contributed by atoms with Crippen LogP contribution in [0.25, 0.3) is 0 Å². The van der Waals surface area contributed by atoms with Crippen molar-refractivity contribution in [3.05, 3.63) is 35.5 Å². The lowest BCUT2D eigenvalue weighted by Crippen LogP contribution is -2.40. The monoisotopic (exact) mass is 251 g/mol. The summed E-state index contributed by atoms with van der Waals surface area (Å²) in [5.41, 5.74) is 2.63. The minimum atomic E-state index is 0.0350. The molecule has 0 radical (unpaired) electrons. The van der Waals surface area contributed by atoms with E-state index in [2.05, 4.69) is 50.1 Å². The molecule has 0 aromatic heterocycles. The van der Waals surface area contributed by atoms with Gasteiger partial charge in [-0.25, -0.2) is 0 Å². The third kappa shape index (κ3) is 3.23. The highest BCUT2D eigenvalue weighted by molar-refractivity contribution is 6.23. The number of piperidine rings is 1. The Bertz CT molecular complexity index is 367. The van der Waals surface area contributed by atoms with Crippen LogP contribution >= 0.6 is 11.6 Å². The van der Waals surface area contributed by atoms with Crippen LogP contribution in [-0.4, -0.2) is 29.9 Å². The first-order valence-electron chi connectivity index (χ1n) is 6.49. The average molecular weight is 252 g/mol. The molecule has 94 valence electrons. The molecule has 2 aliphatic rings. The molecule has 0 aromatic rings. The van der Waals surface area contributed by atoms with Crippen LogP contribution in [0.2, 0.25) is 0 Å². The molecule has 1 fully saturated rings. The van der Waals surface area contributed by atoms with Gasteiger partial charge in [0.15, 0.2) is 0 Å². The lowest BCUT2D eigenvalue weighted by Gasteiger charge is -2.36. The first-order valence-corrected chi connectivity index (χ1v) is 6.92. The fourth-order valence-corrected chi connectivity index (χ4v) is 3.18. The topological polar surface area (TPSA) is 3.24 Å². The Morgan fingerprint density at radius 1 is 1.24 bits per heavy atom. The number of alkyl halides is 1. The number of hydrogen-bond donors (Lipinski definition) is 0. The lowest BCUT2D eigenvalue weighted by molar-refractivity contribution is 0.170. The molecule has 0 N–H and O–H groups in total. The standard InChI is InChI=1S/C15H22ClN/c1-11-4-6-13(9-14(16)8-11)15-7-5-12(2)10-17(15)3/h4,6,8-9,12,14-15H,5,7,10H2,1-3H3/t12-,14?,15?/m0/s1. The normalized spacial score (nSPS) is 35.2. The number of hydrogen-bond acceptors (Lipinski definition) is 1. The lowest BCUT2D eigenvalue weighted by atomic mass is 9.90. The van der Waals surface area contributed by atoms with Crippen LogP contribution in [0.3, 0.4) is 0 Å². The number of halogens is 1. The number of likely N-dealkylation sites (N-methyl/N-ethyl adjacent to an activating group) is 1. The maximum atomic E-state index is 6.29. The molecule has 0 spiro atoms. The Morgan fingerprint density at radius 2 is 2.00 bits per heavy atom. The zero-order chi connectivity index (χ0) is 12.4. The molecule has 2 heteroatoms. The van der Waals surface area contributed by atoms with Gasteiger partial charge in [-0.15, -0.1) is 11.6 Å². The van der Waals surface area contributed by atoms with Crippen molar-refractivity contribution in [2.24, 2.45) is 5.92 Å². The van der Waals surface area contributed by atoms with Crippen molar-refractivity contribution >= 4 is 11.6 Å². The van der Waals surface area contributed by atoms with Crippen molar-refractivity contribution < 1.29 is 0 Å². The van der Waals surface area contributed by atoms with E-state index in [1.165, 1.54) is 30.5 Å². The molecule has 2 unspecified atom stereocenters. The van der Waals surface area contributed by atoms with Crippen LogP contribution in [0, 0.1) is 5.92 Å². The summed E-state index contributed by atoms with van der Waals surface area (Å²) >= 11 is 6.29. The third-order valence-corrected chi connectivity index (χ3v) is 4.01. The molecule has 3 atom stereocenters. The Hall–Kier alpha value is -0.530. The summed E-state index contributed by atoms with van der Waals surface area (Å²) in [7, 11) is 2.23. The maximum absolute atomic E-state index is 6.29. The van der Waals surface area contributed by atoms with Gasteiger partial charge in [0, 0.05) is 12.6 Å². The van der Waals surface area contributed by atoms with Gasteiger partial charge in [0.25, 0.3) is 0 Å². The molecule has 17 heavy (non-hydrogen) atoms. The Kier molecular flexibility index (Phi) is 4.11. The van der Waals surface area contributed by atoms with Crippen LogP contribution in [0.1, 0.15) is 26.7 Å². The average Bonchev–Trinajstić information content (AvgIpc) is 2.39. The van der Waals surface area contributed by atoms with Crippen molar-refractivity contribution in [1.29, 1.82) is 0 Å². The van der Waals surface area contributed by atoms with E-state index in [1.54, 1.807) is 0 Å². The van der Waals surface area contributed by atoms with Gasteiger partial charge in [-0.1, -0.05) is 36.8 Å². The second-order valence-electron chi connectivity index (χ2n) is 5.49. The van der Waals surface area contributed by atoms with Gasteiger partial charge >= 0.3 is 0 Å². The molecule has 1 nitrogen and oxygen atoms in total. The van der Waals surface area contributed by atoms with Crippen molar-refractivity contribution in [2.75, 3.05) is 13.6 Å². The fourth-order valence-electron chi connectivity index (χ4n) is 2.84. The molecule has 0 amide bonds. The van der Waals surface area contributed by atoms with Crippen LogP contribution in [0.15, 0.2) is 35.5 Å². The summed E-state index contributed by atoms with van der Waals surface area (Å²) in [5, 5.41) is 0.0350. The van der Waals surface area contributed by atoms with Gasteiger partial charge in [-0.3, -0.25) is 4.90 Å². The predicted molar refractivity (Wildman–Crippen MR) is 75.4 cm³/mol. The summed E-state index contributed by atoms with van der Waals surface area (Å²) in [6.45, 7) is 5.63. The largest absolute Gasteiger partial charge is 0.299 e. The highest BCUT2D eigenvalue weighted by Gasteiger charge is 2.25. The third-order valence-electron chi connectivity index (χ3n) is 3.76. The zero-order valence-electron chi connectivity index (χ0n) is 11.0. The quantitative estimate of drug-likeness (QED) is 0.642. The first-order chi connectivity index (χ1) is 8.06. The minimum Gasteiger partial charge on any atom is -0.299 e. The molecule has 0 saturated carbocycles. The van der Waals surface area contributed by atoms with Gasteiger partial charge in [0.05, 0.1) is 5.38 Å². The van der Waals surface area contributed by atoms with E-state index in [9.17, 15) is 0 Å². The summed E-state index contributed by atoms with van der Waals surface area (Å²) in [6.07, 6.45) is 11.3. The predicted octanol–water partition coefficient (Wildman–Crippen LogP) is 3.77. The van der Waals surface area contributed by atoms with E-state index in [0.29, 0.717) is 6.04 Å². The zero-order valence-corrected chi connectivity index (χ0v) is 11.7. The Balaban J connectivity index is 2.15. The van der Waals surface area contributed by atoms with E-state index in [4.69, 9.17) is 11.6 Å². The Morgan fingerprint density at radius 3 is 2.71 bits per heavy atom. The van der Waals surface area contributed by atoms with Crippen LogP contribution < -0.4 is 0 Å². The number of likely N-dealkylation sites (tertiary alicyclic amines) is 1.